The number of anilines is 1. The SMILES string of the molecule is COc1cnc(C(=O)Nc2ccc(F)c([C@@]3(C(F)F)N=C(N)CCC3(F)F)c2)cn1. The van der Waals surface area contributed by atoms with Gasteiger partial charge in [-0.2, -0.15) is 0 Å². The lowest BCUT2D eigenvalue weighted by molar-refractivity contribution is -0.145. The number of amidine groups is 1. The summed E-state index contributed by atoms with van der Waals surface area (Å²) in [4.78, 5) is 23.2. The molecular weight excluding hydrogens is 413 g/mol. The average molecular weight is 429 g/mol. The van der Waals surface area contributed by atoms with Crippen LogP contribution in [-0.2, 0) is 5.54 Å². The number of nitrogens with zero attached hydrogens (tertiary/aromatic N) is 3. The lowest BCUT2D eigenvalue weighted by Crippen LogP contribution is -2.54. The molecule has 0 bridgehead atoms. The van der Waals surface area contributed by atoms with E-state index in [1.807, 2.05) is 0 Å². The molecule has 30 heavy (non-hydrogen) atoms. The Hall–Kier alpha value is -3.31. The number of carbonyl (C=O) groups excluding carboxylic acids is 1. The predicted molar refractivity (Wildman–Crippen MR) is 96.4 cm³/mol. The van der Waals surface area contributed by atoms with Gasteiger partial charge < -0.3 is 15.8 Å². The number of hydrogen-bond donors (Lipinski definition) is 2. The van der Waals surface area contributed by atoms with E-state index in [1.54, 1.807) is 0 Å². The molecule has 0 fully saturated rings. The predicted octanol–water partition coefficient (Wildman–Crippen LogP) is 3.12. The number of methoxy groups -OCH3 is 1. The van der Waals surface area contributed by atoms with Crippen molar-refractivity contribution in [2.24, 2.45) is 10.7 Å². The van der Waals surface area contributed by atoms with Crippen molar-refractivity contribution in [3.8, 4) is 5.88 Å². The van der Waals surface area contributed by atoms with Crippen molar-refractivity contribution in [1.82, 2.24) is 9.97 Å². The summed E-state index contributed by atoms with van der Waals surface area (Å²) in [6.45, 7) is 0. The molecule has 1 aromatic heterocycles. The highest BCUT2D eigenvalue weighted by molar-refractivity contribution is 6.02. The van der Waals surface area contributed by atoms with Gasteiger partial charge in [0.05, 0.1) is 25.3 Å². The van der Waals surface area contributed by atoms with Crippen LogP contribution in [-0.4, -0.2) is 41.2 Å². The highest BCUT2D eigenvalue weighted by Crippen LogP contribution is 2.51. The fraction of sp³-hybridized carbons (Fsp3) is 0.333. The molecule has 3 rings (SSSR count). The van der Waals surface area contributed by atoms with Crippen molar-refractivity contribution >= 4 is 17.4 Å². The first-order valence-electron chi connectivity index (χ1n) is 8.58. The molecule has 3 N–H and O–H groups in total. The summed E-state index contributed by atoms with van der Waals surface area (Å²) in [6.07, 6.45) is -2.95. The van der Waals surface area contributed by atoms with Crippen molar-refractivity contribution in [1.29, 1.82) is 0 Å². The second-order valence-electron chi connectivity index (χ2n) is 6.47. The molecule has 0 saturated heterocycles. The molecule has 7 nitrogen and oxygen atoms in total. The first kappa shape index (κ1) is 21.4. The Bertz CT molecular complexity index is 983. The van der Waals surface area contributed by atoms with E-state index in [4.69, 9.17) is 10.5 Å². The van der Waals surface area contributed by atoms with Gasteiger partial charge in [-0.3, -0.25) is 4.79 Å². The monoisotopic (exact) mass is 429 g/mol. The summed E-state index contributed by atoms with van der Waals surface area (Å²) in [6, 6.07) is 2.40. The van der Waals surface area contributed by atoms with E-state index in [0.717, 1.165) is 18.5 Å². The van der Waals surface area contributed by atoms with Gasteiger partial charge in [-0.15, -0.1) is 0 Å². The van der Waals surface area contributed by atoms with Crippen LogP contribution in [0.25, 0.3) is 0 Å². The molecule has 2 aromatic rings. The van der Waals surface area contributed by atoms with Gasteiger partial charge in [-0.05, 0) is 18.2 Å². The van der Waals surface area contributed by atoms with Gasteiger partial charge in [0.15, 0.2) is 0 Å². The van der Waals surface area contributed by atoms with Gasteiger partial charge in [0.2, 0.25) is 11.4 Å². The van der Waals surface area contributed by atoms with Crippen molar-refractivity contribution in [3.63, 3.8) is 0 Å². The largest absolute Gasteiger partial charge is 0.480 e. The Morgan fingerprint density at radius 1 is 1.27 bits per heavy atom. The summed E-state index contributed by atoms with van der Waals surface area (Å²) in [5.74, 6) is -6.54. The number of aromatic nitrogens is 2. The van der Waals surface area contributed by atoms with Gasteiger partial charge in [0.25, 0.3) is 18.3 Å². The van der Waals surface area contributed by atoms with Crippen molar-refractivity contribution in [3.05, 3.63) is 47.7 Å². The van der Waals surface area contributed by atoms with Crippen LogP contribution in [0.3, 0.4) is 0 Å². The maximum absolute atomic E-state index is 14.6. The van der Waals surface area contributed by atoms with Gasteiger partial charge in [-0.25, -0.2) is 36.9 Å². The summed E-state index contributed by atoms with van der Waals surface area (Å²) >= 11 is 0. The standard InChI is InChI=1S/C18H16F5N5O2/c1-30-14-8-25-12(7-26-14)15(29)27-9-2-3-11(19)10(6-9)18(16(20)21)17(22,23)5-4-13(24)28-18/h2-3,6-8,16H,4-5H2,1H3,(H2,24,28)(H,27,29)/t18-/m0/s1. The molecular formula is C18H16F5N5O2. The van der Waals surface area contributed by atoms with Gasteiger partial charge in [-0.1, -0.05) is 0 Å². The molecule has 0 spiro atoms. The number of alkyl halides is 4. The number of ether oxygens (including phenoxy) is 1. The van der Waals surface area contributed by atoms with Gasteiger partial charge >= 0.3 is 0 Å². The van der Waals surface area contributed by atoms with Crippen LogP contribution in [0.15, 0.2) is 35.6 Å². The minimum absolute atomic E-state index is 0.143. The third kappa shape index (κ3) is 3.64. The number of nitrogens with two attached hydrogens (primary N) is 1. The first-order valence-corrected chi connectivity index (χ1v) is 8.58. The maximum Gasteiger partial charge on any atom is 0.283 e. The van der Waals surface area contributed by atoms with E-state index in [-0.39, 0.29) is 17.3 Å². The van der Waals surface area contributed by atoms with Crippen LogP contribution in [0.5, 0.6) is 5.88 Å². The lowest BCUT2D eigenvalue weighted by Gasteiger charge is -2.40. The molecule has 1 aromatic carbocycles. The molecule has 1 atom stereocenters. The number of halogens is 5. The third-order valence-corrected chi connectivity index (χ3v) is 4.59. The number of aliphatic imine (C=N–C) groups is 1. The molecule has 12 heteroatoms. The smallest absolute Gasteiger partial charge is 0.283 e. The third-order valence-electron chi connectivity index (χ3n) is 4.59. The van der Waals surface area contributed by atoms with E-state index < -0.39 is 53.9 Å². The first-order chi connectivity index (χ1) is 14.1. The highest BCUT2D eigenvalue weighted by atomic mass is 19.3. The lowest BCUT2D eigenvalue weighted by atomic mass is 9.79. The number of amides is 1. The van der Waals surface area contributed by atoms with Gasteiger partial charge in [0, 0.05) is 24.1 Å². The summed E-state index contributed by atoms with van der Waals surface area (Å²) in [7, 11) is 1.35. The zero-order chi connectivity index (χ0) is 22.1. The Balaban J connectivity index is 2.01. The normalized spacial score (nSPS) is 20.6. The summed E-state index contributed by atoms with van der Waals surface area (Å²) in [5.41, 5.74) is 0.458. The maximum atomic E-state index is 14.6. The number of benzene rings is 1. The molecule has 0 aliphatic carbocycles. The van der Waals surface area contributed by atoms with Crippen molar-refractivity contribution in [2.75, 3.05) is 12.4 Å². The second-order valence-corrected chi connectivity index (χ2v) is 6.47. The van der Waals surface area contributed by atoms with E-state index in [0.29, 0.717) is 12.1 Å². The van der Waals surface area contributed by atoms with Gasteiger partial charge in [0.1, 0.15) is 11.5 Å². The Morgan fingerprint density at radius 2 is 2.00 bits per heavy atom. The van der Waals surface area contributed by atoms with Crippen molar-refractivity contribution in [2.45, 2.75) is 30.7 Å². The summed E-state index contributed by atoms with van der Waals surface area (Å²) < 4.78 is 76.3. The van der Waals surface area contributed by atoms with Crippen LogP contribution in [0.2, 0.25) is 0 Å². The van der Waals surface area contributed by atoms with Crippen molar-refractivity contribution < 1.29 is 31.5 Å². The quantitative estimate of drug-likeness (QED) is 0.711. The second kappa shape index (κ2) is 7.84. The number of nitrogens with one attached hydrogen (secondary N) is 1. The van der Waals surface area contributed by atoms with Crippen LogP contribution in [0.4, 0.5) is 27.6 Å². The minimum atomic E-state index is -4.07. The summed E-state index contributed by atoms with van der Waals surface area (Å²) in [5, 5.41) is 2.28. The van der Waals surface area contributed by atoms with E-state index in [1.165, 1.54) is 7.11 Å². The minimum Gasteiger partial charge on any atom is -0.480 e. The van der Waals surface area contributed by atoms with Crippen LogP contribution in [0.1, 0.15) is 28.9 Å². The highest BCUT2D eigenvalue weighted by Gasteiger charge is 2.63. The molecule has 160 valence electrons. The molecule has 0 unspecified atom stereocenters. The fourth-order valence-corrected chi connectivity index (χ4v) is 3.05. The van der Waals surface area contributed by atoms with E-state index in [2.05, 4.69) is 20.3 Å². The zero-order valence-corrected chi connectivity index (χ0v) is 15.5. The van der Waals surface area contributed by atoms with E-state index >= 15 is 0 Å². The Labute approximate surface area is 167 Å². The van der Waals surface area contributed by atoms with Crippen LogP contribution in [0, 0.1) is 5.82 Å². The number of hydrogen-bond acceptors (Lipinski definition) is 6. The van der Waals surface area contributed by atoms with Crippen LogP contribution < -0.4 is 15.8 Å². The molecule has 1 aliphatic heterocycles. The molecule has 0 saturated carbocycles. The number of rotatable bonds is 5. The van der Waals surface area contributed by atoms with Crippen LogP contribution >= 0.6 is 0 Å². The fourth-order valence-electron chi connectivity index (χ4n) is 3.05. The van der Waals surface area contributed by atoms with E-state index in [9.17, 15) is 26.7 Å². The molecule has 2 heterocycles. The molecule has 1 amide bonds. The molecule has 0 radical (unpaired) electrons. The average Bonchev–Trinajstić information content (AvgIpc) is 2.71. The topological polar surface area (TPSA) is 102 Å². The zero-order valence-electron chi connectivity index (χ0n) is 15.5. The Kier molecular flexibility index (Phi) is 5.59. The number of carbonyl (C=O) groups is 1. The Morgan fingerprint density at radius 3 is 2.60 bits per heavy atom. The molecule has 1 aliphatic rings.